The van der Waals surface area contributed by atoms with E-state index in [1.54, 1.807) is 12.1 Å². The zero-order chi connectivity index (χ0) is 15.6. The Morgan fingerprint density at radius 2 is 1.95 bits per heavy atom. The number of H-pyrrole nitrogens is 1. The molecule has 0 spiro atoms. The number of aromatic amines is 1. The maximum atomic E-state index is 12.1. The van der Waals surface area contributed by atoms with E-state index < -0.39 is 5.76 Å². The van der Waals surface area contributed by atoms with Gasteiger partial charge in [0.1, 0.15) is 0 Å². The third kappa shape index (κ3) is 4.05. The number of Topliss-reactive ketones (excluding diaryl/α,β-unsaturated/α-hetero) is 1. The monoisotopic (exact) mass is 290 g/mol. The summed E-state index contributed by atoms with van der Waals surface area (Å²) in [6.07, 6.45) is 0.243. The Morgan fingerprint density at radius 1 is 1.24 bits per heavy atom. The third-order valence-corrected chi connectivity index (χ3v) is 2.84. The smallest absolute Gasteiger partial charge is 0.408 e. The van der Waals surface area contributed by atoms with Crippen LogP contribution < -0.4 is 11.1 Å². The predicted octanol–water partition coefficient (Wildman–Crippen LogP) is 2.00. The molecule has 0 atom stereocenters. The highest BCUT2D eigenvalue weighted by atomic mass is 16.4. The van der Waals surface area contributed by atoms with Crippen molar-refractivity contribution in [1.29, 1.82) is 0 Å². The van der Waals surface area contributed by atoms with Crippen LogP contribution in [0.25, 0.3) is 11.1 Å². The van der Waals surface area contributed by atoms with Crippen LogP contribution in [0.2, 0.25) is 0 Å². The highest BCUT2D eigenvalue weighted by Crippen LogP contribution is 2.14. The van der Waals surface area contributed by atoms with Crippen LogP contribution in [0.3, 0.4) is 0 Å². The highest BCUT2D eigenvalue weighted by molar-refractivity contribution is 6.00. The zero-order valence-electron chi connectivity index (χ0n) is 12.3. The Hall–Kier alpha value is -2.37. The summed E-state index contributed by atoms with van der Waals surface area (Å²) in [6, 6.07) is 4.73. The molecule has 1 heterocycles. The average molecular weight is 290 g/mol. The number of hydrogen-bond acceptors (Lipinski definition) is 4. The lowest BCUT2D eigenvalue weighted by Gasteiger charge is -2.20. The molecule has 1 aromatic carbocycles. The Bertz CT molecular complexity index is 734. The van der Waals surface area contributed by atoms with Gasteiger partial charge in [-0.05, 0) is 39.0 Å². The number of benzene rings is 1. The number of amides is 1. The summed E-state index contributed by atoms with van der Waals surface area (Å²) in [7, 11) is 0. The first kappa shape index (κ1) is 15.0. The number of oxazole rings is 1. The first-order valence-corrected chi connectivity index (χ1v) is 6.72. The van der Waals surface area contributed by atoms with E-state index in [1.807, 2.05) is 20.8 Å². The highest BCUT2D eigenvalue weighted by Gasteiger charge is 2.16. The number of nitrogens with one attached hydrogen (secondary N) is 2. The molecule has 0 fully saturated rings. The Labute approximate surface area is 121 Å². The summed E-state index contributed by atoms with van der Waals surface area (Å²) in [5.41, 5.74) is 0.994. The quantitative estimate of drug-likeness (QED) is 0.842. The van der Waals surface area contributed by atoms with Crippen LogP contribution in [0.1, 0.15) is 44.0 Å². The van der Waals surface area contributed by atoms with Crippen molar-refractivity contribution in [1.82, 2.24) is 10.3 Å². The second-order valence-electron chi connectivity index (χ2n) is 5.95. The molecule has 2 aromatic rings. The van der Waals surface area contributed by atoms with Gasteiger partial charge in [0, 0.05) is 23.9 Å². The number of ketones is 1. The van der Waals surface area contributed by atoms with Gasteiger partial charge in [0.15, 0.2) is 11.4 Å². The van der Waals surface area contributed by atoms with E-state index >= 15 is 0 Å². The second-order valence-corrected chi connectivity index (χ2v) is 5.95. The summed E-state index contributed by atoms with van der Waals surface area (Å²) in [6.45, 7) is 5.65. The Kier molecular flexibility index (Phi) is 3.97. The third-order valence-electron chi connectivity index (χ3n) is 2.84. The molecule has 0 aliphatic rings. The second kappa shape index (κ2) is 5.55. The zero-order valence-corrected chi connectivity index (χ0v) is 12.3. The largest absolute Gasteiger partial charge is 0.417 e. The Morgan fingerprint density at radius 3 is 2.62 bits per heavy atom. The van der Waals surface area contributed by atoms with Gasteiger partial charge in [0.25, 0.3) is 0 Å². The fourth-order valence-corrected chi connectivity index (χ4v) is 1.97. The van der Waals surface area contributed by atoms with Crippen molar-refractivity contribution in [2.45, 2.75) is 39.2 Å². The van der Waals surface area contributed by atoms with Gasteiger partial charge in [-0.3, -0.25) is 14.6 Å². The van der Waals surface area contributed by atoms with Crippen LogP contribution >= 0.6 is 0 Å². The van der Waals surface area contributed by atoms with Gasteiger partial charge in [0.2, 0.25) is 5.91 Å². The van der Waals surface area contributed by atoms with Crippen LogP contribution in [0.4, 0.5) is 0 Å². The first-order chi connectivity index (χ1) is 9.74. The van der Waals surface area contributed by atoms with E-state index in [0.717, 1.165) is 0 Å². The lowest BCUT2D eigenvalue weighted by Crippen LogP contribution is -2.40. The summed E-state index contributed by atoms with van der Waals surface area (Å²) < 4.78 is 4.91. The molecule has 0 saturated carbocycles. The van der Waals surface area contributed by atoms with Gasteiger partial charge in [-0.1, -0.05) is 0 Å². The average Bonchev–Trinajstić information content (AvgIpc) is 2.72. The number of hydrogen-bond donors (Lipinski definition) is 2. The van der Waals surface area contributed by atoms with Crippen LogP contribution in [0, 0.1) is 0 Å². The van der Waals surface area contributed by atoms with Crippen LogP contribution in [0.5, 0.6) is 0 Å². The lowest BCUT2D eigenvalue weighted by molar-refractivity contribution is -0.122. The number of carbonyl (C=O) groups excluding carboxylic acids is 2. The molecule has 0 aliphatic heterocycles. The van der Waals surface area contributed by atoms with Crippen molar-refractivity contribution in [2.75, 3.05) is 0 Å². The number of fused-ring (bicyclic) bond motifs is 1. The maximum Gasteiger partial charge on any atom is 0.417 e. The normalized spacial score (nSPS) is 11.6. The molecule has 6 heteroatoms. The minimum absolute atomic E-state index is 0.113. The summed E-state index contributed by atoms with van der Waals surface area (Å²) in [4.78, 5) is 37.3. The fourth-order valence-electron chi connectivity index (χ4n) is 1.97. The molecule has 0 aliphatic carbocycles. The maximum absolute atomic E-state index is 12.1. The van der Waals surface area contributed by atoms with Crippen molar-refractivity contribution in [3.05, 3.63) is 34.3 Å². The molecular weight excluding hydrogens is 272 g/mol. The molecule has 0 saturated heterocycles. The van der Waals surface area contributed by atoms with Gasteiger partial charge >= 0.3 is 5.76 Å². The molecule has 21 heavy (non-hydrogen) atoms. The Balaban J connectivity index is 2.02. The molecule has 0 unspecified atom stereocenters. The van der Waals surface area contributed by atoms with Crippen molar-refractivity contribution in [3.63, 3.8) is 0 Å². The van der Waals surface area contributed by atoms with E-state index in [4.69, 9.17) is 4.42 Å². The molecular formula is C15H18N2O4. The first-order valence-electron chi connectivity index (χ1n) is 6.72. The van der Waals surface area contributed by atoms with Crippen LogP contribution in [-0.2, 0) is 4.79 Å². The molecule has 112 valence electrons. The fraction of sp³-hybridized carbons (Fsp3) is 0.400. The number of aromatic nitrogens is 1. The van der Waals surface area contributed by atoms with Gasteiger partial charge in [-0.2, -0.15) is 0 Å². The standard InChI is InChI=1S/C15H18N2O4/c1-15(2,3)17-13(19)7-6-11(18)9-4-5-10-12(8-9)21-14(20)16-10/h4-5,8H,6-7H2,1-3H3,(H,16,20)(H,17,19). The van der Waals surface area contributed by atoms with Crippen molar-refractivity contribution in [3.8, 4) is 0 Å². The van der Waals surface area contributed by atoms with Gasteiger partial charge < -0.3 is 9.73 Å². The molecule has 2 rings (SSSR count). The van der Waals surface area contributed by atoms with Gasteiger partial charge in [-0.15, -0.1) is 0 Å². The van der Waals surface area contributed by atoms with E-state index in [-0.39, 0.29) is 30.1 Å². The van der Waals surface area contributed by atoms with Crippen LogP contribution in [-0.4, -0.2) is 22.2 Å². The molecule has 0 bridgehead atoms. The molecule has 1 aromatic heterocycles. The molecule has 6 nitrogen and oxygen atoms in total. The molecule has 1 amide bonds. The SMILES string of the molecule is CC(C)(C)NC(=O)CCC(=O)c1ccc2[nH]c(=O)oc2c1. The van der Waals surface area contributed by atoms with Gasteiger partial charge in [-0.25, -0.2) is 4.79 Å². The molecule has 0 radical (unpaired) electrons. The summed E-state index contributed by atoms with van der Waals surface area (Å²) >= 11 is 0. The lowest BCUT2D eigenvalue weighted by atomic mass is 10.0. The number of carbonyl (C=O) groups is 2. The predicted molar refractivity (Wildman–Crippen MR) is 78.3 cm³/mol. The number of rotatable bonds is 4. The summed E-state index contributed by atoms with van der Waals surface area (Å²) in [5, 5.41) is 2.80. The van der Waals surface area contributed by atoms with Gasteiger partial charge in [0.05, 0.1) is 5.52 Å². The van der Waals surface area contributed by atoms with Crippen molar-refractivity contribution < 1.29 is 14.0 Å². The van der Waals surface area contributed by atoms with E-state index in [1.165, 1.54) is 6.07 Å². The minimum atomic E-state index is -0.556. The van der Waals surface area contributed by atoms with Crippen LogP contribution in [0.15, 0.2) is 27.4 Å². The van der Waals surface area contributed by atoms with E-state index in [9.17, 15) is 14.4 Å². The molecule has 2 N–H and O–H groups in total. The van der Waals surface area contributed by atoms with E-state index in [2.05, 4.69) is 10.3 Å². The summed E-state index contributed by atoms with van der Waals surface area (Å²) in [5.74, 6) is -0.880. The topological polar surface area (TPSA) is 92.2 Å². The van der Waals surface area contributed by atoms with Crippen molar-refractivity contribution in [2.24, 2.45) is 0 Å². The van der Waals surface area contributed by atoms with Crippen molar-refractivity contribution >= 4 is 22.8 Å². The van der Waals surface area contributed by atoms with E-state index in [0.29, 0.717) is 16.7 Å². The minimum Gasteiger partial charge on any atom is -0.408 e.